The lowest BCUT2D eigenvalue weighted by molar-refractivity contribution is 0.0702. The van der Waals surface area contributed by atoms with Crippen LogP contribution in [0.1, 0.15) is 18.4 Å². The Morgan fingerprint density at radius 2 is 1.91 bits per heavy atom. The van der Waals surface area contributed by atoms with E-state index in [-0.39, 0.29) is 29.8 Å². The lowest BCUT2D eigenvalue weighted by Crippen LogP contribution is -2.32. The van der Waals surface area contributed by atoms with Gasteiger partial charge in [0.1, 0.15) is 5.82 Å². The molecule has 2 N–H and O–H groups in total. The minimum absolute atomic E-state index is 0. The Morgan fingerprint density at radius 3 is 2.73 bits per heavy atom. The molecule has 0 spiro atoms. The van der Waals surface area contributed by atoms with Gasteiger partial charge in [-0.25, -0.2) is 4.39 Å². The van der Waals surface area contributed by atoms with Crippen LogP contribution in [-0.4, -0.2) is 59.2 Å². The zero-order valence-corrected chi connectivity index (χ0v) is 21.3. The van der Waals surface area contributed by atoms with Crippen LogP contribution in [0.5, 0.6) is 11.5 Å². The number of nitrogens with zero attached hydrogens (tertiary/aromatic N) is 1. The van der Waals surface area contributed by atoms with Gasteiger partial charge in [-0.15, -0.1) is 24.0 Å². The first-order valence-electron chi connectivity index (χ1n) is 11.0. The Morgan fingerprint density at radius 1 is 1.06 bits per heavy atom. The van der Waals surface area contributed by atoms with E-state index in [9.17, 15) is 4.39 Å². The number of fused-ring (bicyclic) bond motifs is 1. The fourth-order valence-electron chi connectivity index (χ4n) is 3.14. The van der Waals surface area contributed by atoms with Gasteiger partial charge in [0, 0.05) is 45.0 Å². The molecular formula is C24H33FIN3O4. The van der Waals surface area contributed by atoms with Crippen molar-refractivity contribution in [3.05, 3.63) is 53.8 Å². The summed E-state index contributed by atoms with van der Waals surface area (Å²) in [7, 11) is 1.65. The second-order valence-electron chi connectivity index (χ2n) is 7.33. The molecule has 33 heavy (non-hydrogen) atoms. The van der Waals surface area contributed by atoms with Crippen LogP contribution in [0.2, 0.25) is 0 Å². The van der Waals surface area contributed by atoms with Crippen LogP contribution >= 0.6 is 24.0 Å². The third-order valence-corrected chi connectivity index (χ3v) is 4.75. The molecule has 0 radical (unpaired) electrons. The molecule has 9 heteroatoms. The third-order valence-electron chi connectivity index (χ3n) is 4.75. The number of ether oxygens (including phenoxy) is 4. The standard InChI is InChI=1S/C24H32FN3O4.HI/c1-29-15-16-30-12-3-10-26-24(27-11-9-19-5-2-6-20(25)17-19)28-21-7-8-22-23(18-21)32-14-4-13-31-22;/h2,5-8,17-18H,3-4,9-16H2,1H3,(H2,26,27,28);1H. The van der Waals surface area contributed by atoms with E-state index in [2.05, 4.69) is 15.6 Å². The number of anilines is 1. The van der Waals surface area contributed by atoms with Gasteiger partial charge in [0.05, 0.1) is 26.4 Å². The summed E-state index contributed by atoms with van der Waals surface area (Å²) >= 11 is 0. The first-order chi connectivity index (χ1) is 15.7. The lowest BCUT2D eigenvalue weighted by Gasteiger charge is -2.15. The predicted octanol–water partition coefficient (Wildman–Crippen LogP) is 4.26. The van der Waals surface area contributed by atoms with Crippen LogP contribution in [0.4, 0.5) is 10.1 Å². The third kappa shape index (κ3) is 10.1. The van der Waals surface area contributed by atoms with Crippen molar-refractivity contribution < 1.29 is 23.3 Å². The number of guanidine groups is 1. The van der Waals surface area contributed by atoms with Crippen molar-refractivity contribution in [3.63, 3.8) is 0 Å². The highest BCUT2D eigenvalue weighted by atomic mass is 127. The molecule has 0 aromatic heterocycles. The maximum absolute atomic E-state index is 13.4. The summed E-state index contributed by atoms with van der Waals surface area (Å²) in [6.45, 7) is 4.29. The average molecular weight is 573 g/mol. The second kappa shape index (κ2) is 15.7. The molecule has 3 rings (SSSR count). The highest BCUT2D eigenvalue weighted by molar-refractivity contribution is 14.0. The summed E-state index contributed by atoms with van der Waals surface area (Å²) in [5.74, 6) is 1.89. The molecule has 1 aliphatic rings. The van der Waals surface area contributed by atoms with Gasteiger partial charge >= 0.3 is 0 Å². The van der Waals surface area contributed by atoms with E-state index < -0.39 is 0 Å². The maximum atomic E-state index is 13.4. The molecule has 1 heterocycles. The van der Waals surface area contributed by atoms with E-state index in [4.69, 9.17) is 18.9 Å². The summed E-state index contributed by atoms with van der Waals surface area (Å²) in [5, 5.41) is 6.65. The summed E-state index contributed by atoms with van der Waals surface area (Å²) in [4.78, 5) is 4.65. The van der Waals surface area contributed by atoms with Crippen molar-refractivity contribution in [1.29, 1.82) is 0 Å². The van der Waals surface area contributed by atoms with Crippen molar-refractivity contribution >= 4 is 35.6 Å². The highest BCUT2D eigenvalue weighted by Gasteiger charge is 2.11. The molecule has 0 unspecified atom stereocenters. The number of hydrogen-bond acceptors (Lipinski definition) is 5. The van der Waals surface area contributed by atoms with Gasteiger partial charge in [0.25, 0.3) is 0 Å². The lowest BCUT2D eigenvalue weighted by atomic mass is 10.1. The Kier molecular flexibility index (Phi) is 12.9. The molecule has 0 aliphatic carbocycles. The number of halogens is 2. The van der Waals surface area contributed by atoms with E-state index in [1.54, 1.807) is 19.2 Å². The van der Waals surface area contributed by atoms with Crippen LogP contribution in [0, 0.1) is 5.82 Å². The summed E-state index contributed by atoms with van der Waals surface area (Å²) in [5.41, 5.74) is 1.78. The van der Waals surface area contributed by atoms with E-state index >= 15 is 0 Å². The summed E-state index contributed by atoms with van der Waals surface area (Å²) in [6.07, 6.45) is 2.33. The number of benzene rings is 2. The molecule has 0 atom stereocenters. The molecule has 1 aliphatic heterocycles. The predicted molar refractivity (Wildman–Crippen MR) is 139 cm³/mol. The quantitative estimate of drug-likeness (QED) is 0.181. The first kappa shape index (κ1) is 27.1. The molecule has 0 saturated heterocycles. The molecule has 0 amide bonds. The number of hydrogen-bond donors (Lipinski definition) is 2. The Hall–Kier alpha value is -2.11. The van der Waals surface area contributed by atoms with Crippen LogP contribution in [0.25, 0.3) is 0 Å². The van der Waals surface area contributed by atoms with Gasteiger partial charge in [0.15, 0.2) is 17.5 Å². The molecule has 7 nitrogen and oxygen atoms in total. The van der Waals surface area contributed by atoms with Gasteiger partial charge in [-0.3, -0.25) is 4.99 Å². The number of rotatable bonds is 11. The minimum Gasteiger partial charge on any atom is -0.490 e. The van der Waals surface area contributed by atoms with Crippen molar-refractivity contribution in [3.8, 4) is 11.5 Å². The number of methoxy groups -OCH3 is 1. The minimum atomic E-state index is -0.227. The summed E-state index contributed by atoms with van der Waals surface area (Å²) < 4.78 is 35.4. The largest absolute Gasteiger partial charge is 0.490 e. The summed E-state index contributed by atoms with van der Waals surface area (Å²) in [6, 6.07) is 12.4. The number of aliphatic imine (C=N–C) groups is 1. The van der Waals surface area contributed by atoms with Crippen LogP contribution in [-0.2, 0) is 15.9 Å². The van der Waals surface area contributed by atoms with Crippen LogP contribution < -0.4 is 20.1 Å². The van der Waals surface area contributed by atoms with Gasteiger partial charge in [-0.2, -0.15) is 0 Å². The van der Waals surface area contributed by atoms with Gasteiger partial charge < -0.3 is 29.6 Å². The monoisotopic (exact) mass is 573 g/mol. The van der Waals surface area contributed by atoms with Crippen molar-refractivity contribution in [2.75, 3.05) is 58.6 Å². The van der Waals surface area contributed by atoms with E-state index in [0.29, 0.717) is 58.5 Å². The van der Waals surface area contributed by atoms with Crippen molar-refractivity contribution in [1.82, 2.24) is 5.32 Å². The first-order valence-corrected chi connectivity index (χ1v) is 11.0. The average Bonchev–Trinajstić information content (AvgIpc) is 3.03. The zero-order valence-electron chi connectivity index (χ0n) is 19.0. The van der Waals surface area contributed by atoms with Crippen molar-refractivity contribution in [2.45, 2.75) is 19.3 Å². The highest BCUT2D eigenvalue weighted by Crippen LogP contribution is 2.32. The van der Waals surface area contributed by atoms with Crippen LogP contribution in [0.15, 0.2) is 47.5 Å². The normalized spacial score (nSPS) is 13.1. The molecule has 0 bridgehead atoms. The Labute approximate surface area is 212 Å². The smallest absolute Gasteiger partial charge is 0.195 e. The van der Waals surface area contributed by atoms with Crippen LogP contribution in [0.3, 0.4) is 0 Å². The van der Waals surface area contributed by atoms with E-state index in [0.717, 1.165) is 35.6 Å². The second-order valence-corrected chi connectivity index (χ2v) is 7.33. The molecule has 2 aromatic carbocycles. The fourth-order valence-corrected chi connectivity index (χ4v) is 3.14. The fraction of sp³-hybridized carbons (Fsp3) is 0.458. The maximum Gasteiger partial charge on any atom is 0.195 e. The zero-order chi connectivity index (χ0) is 22.4. The molecule has 2 aromatic rings. The molecule has 182 valence electrons. The number of nitrogens with one attached hydrogen (secondary N) is 2. The molecule has 0 fully saturated rings. The van der Waals surface area contributed by atoms with Crippen molar-refractivity contribution in [2.24, 2.45) is 4.99 Å². The SMILES string of the molecule is COCCOCCCN=C(NCCc1cccc(F)c1)Nc1ccc2c(c1)OCCCO2.I. The van der Waals surface area contributed by atoms with Gasteiger partial charge in [-0.05, 0) is 42.7 Å². The Balaban J connectivity index is 0.00000385. The van der Waals surface area contributed by atoms with Gasteiger partial charge in [0.2, 0.25) is 0 Å². The van der Waals surface area contributed by atoms with E-state index in [1.165, 1.54) is 6.07 Å². The Bertz CT molecular complexity index is 869. The molecular weight excluding hydrogens is 540 g/mol. The topological polar surface area (TPSA) is 73.3 Å². The molecule has 0 saturated carbocycles. The van der Waals surface area contributed by atoms with Gasteiger partial charge in [-0.1, -0.05) is 12.1 Å². The van der Waals surface area contributed by atoms with E-state index in [1.807, 2.05) is 24.3 Å².